The van der Waals surface area contributed by atoms with Gasteiger partial charge in [0.15, 0.2) is 0 Å². The van der Waals surface area contributed by atoms with Crippen molar-refractivity contribution in [2.45, 2.75) is 128 Å². The highest BCUT2D eigenvalue weighted by molar-refractivity contribution is 5.67. The lowest BCUT2D eigenvalue weighted by Crippen LogP contribution is -2.25. The quantitative estimate of drug-likeness (QED) is 0.292. The van der Waals surface area contributed by atoms with E-state index in [1.807, 2.05) is 6.07 Å². The fraction of sp³-hybridized carbons (Fsp3) is 0.622. The Balaban J connectivity index is 1.11. The molecular weight excluding hydrogens is 463 g/mol. The third-order valence-corrected chi connectivity index (χ3v) is 10.6. The van der Waals surface area contributed by atoms with Crippen LogP contribution in [-0.2, 0) is 6.42 Å². The maximum absolute atomic E-state index is 15.4. The highest BCUT2D eigenvalue weighted by Crippen LogP contribution is 2.45. The molecule has 0 bridgehead atoms. The second kappa shape index (κ2) is 13.5. The van der Waals surface area contributed by atoms with Gasteiger partial charge in [-0.05, 0) is 122 Å². The fourth-order valence-corrected chi connectivity index (χ4v) is 8.01. The van der Waals surface area contributed by atoms with Crippen molar-refractivity contribution < 1.29 is 4.39 Å². The molecule has 2 fully saturated rings. The van der Waals surface area contributed by atoms with Crippen molar-refractivity contribution in [3.63, 3.8) is 0 Å². The number of hydrogen-bond acceptors (Lipinski definition) is 0. The van der Waals surface area contributed by atoms with Crippen molar-refractivity contribution in [1.82, 2.24) is 0 Å². The van der Waals surface area contributed by atoms with Crippen LogP contribution < -0.4 is 0 Å². The molecule has 0 amide bonds. The molecule has 1 unspecified atom stereocenters. The molecule has 0 N–H and O–H groups in total. The predicted octanol–water partition coefficient (Wildman–Crippen LogP) is 11.4. The van der Waals surface area contributed by atoms with Gasteiger partial charge in [0.05, 0.1) is 0 Å². The van der Waals surface area contributed by atoms with Gasteiger partial charge in [-0.1, -0.05) is 94.8 Å². The molecular formula is C37H51F. The molecule has 0 aromatic heterocycles. The zero-order valence-corrected chi connectivity index (χ0v) is 24.2. The minimum absolute atomic E-state index is 0.00279. The number of hydrogen-bond donors (Lipinski definition) is 0. The summed E-state index contributed by atoms with van der Waals surface area (Å²) in [4.78, 5) is 0. The Hall–Kier alpha value is -1.89. The molecule has 3 aliphatic carbocycles. The summed E-state index contributed by atoms with van der Waals surface area (Å²) < 4.78 is 15.4. The van der Waals surface area contributed by atoms with Crippen LogP contribution in [0.4, 0.5) is 4.39 Å². The van der Waals surface area contributed by atoms with Crippen LogP contribution in [0.15, 0.2) is 48.5 Å². The first kappa shape index (κ1) is 27.7. The summed E-state index contributed by atoms with van der Waals surface area (Å²) in [5, 5.41) is 0. The summed E-state index contributed by atoms with van der Waals surface area (Å²) >= 11 is 0. The van der Waals surface area contributed by atoms with Gasteiger partial charge in [0.2, 0.25) is 0 Å². The zero-order chi connectivity index (χ0) is 26.3. The van der Waals surface area contributed by atoms with Crippen LogP contribution >= 0.6 is 0 Å². The normalized spacial score (nSPS) is 28.2. The van der Waals surface area contributed by atoms with Crippen molar-refractivity contribution in [3.8, 4) is 0 Å². The van der Waals surface area contributed by atoms with Crippen LogP contribution in [0.1, 0.15) is 144 Å². The number of rotatable bonds is 9. The summed E-state index contributed by atoms with van der Waals surface area (Å²) in [7, 11) is 0. The third kappa shape index (κ3) is 6.81. The van der Waals surface area contributed by atoms with Crippen LogP contribution in [0, 0.1) is 23.6 Å². The van der Waals surface area contributed by atoms with Crippen LogP contribution in [0.5, 0.6) is 0 Å². The summed E-state index contributed by atoms with van der Waals surface area (Å²) in [5.41, 5.74) is 6.14. The lowest BCUT2D eigenvalue weighted by molar-refractivity contribution is 0.155. The molecule has 2 saturated carbocycles. The Morgan fingerprint density at radius 2 is 1.39 bits per heavy atom. The van der Waals surface area contributed by atoms with Gasteiger partial charge in [-0.15, -0.1) is 0 Å². The van der Waals surface area contributed by atoms with Gasteiger partial charge in [0, 0.05) is 5.56 Å². The molecule has 0 spiro atoms. The van der Waals surface area contributed by atoms with E-state index in [4.69, 9.17) is 0 Å². The monoisotopic (exact) mass is 514 g/mol. The van der Waals surface area contributed by atoms with Gasteiger partial charge in [0.1, 0.15) is 5.82 Å². The van der Waals surface area contributed by atoms with Crippen LogP contribution in [0.2, 0.25) is 0 Å². The van der Waals surface area contributed by atoms with Crippen molar-refractivity contribution in [3.05, 3.63) is 76.6 Å². The lowest BCUT2D eigenvalue weighted by Gasteiger charge is -2.38. The van der Waals surface area contributed by atoms with Gasteiger partial charge in [-0.2, -0.15) is 0 Å². The maximum atomic E-state index is 15.4. The first-order valence-electron chi connectivity index (χ1n) is 16.2. The molecule has 1 heteroatoms. The fourth-order valence-electron chi connectivity index (χ4n) is 8.01. The second-order valence-electron chi connectivity index (χ2n) is 12.9. The average Bonchev–Trinajstić information content (AvgIpc) is 2.98. The molecule has 38 heavy (non-hydrogen) atoms. The third-order valence-electron chi connectivity index (χ3n) is 10.6. The average molecular weight is 515 g/mol. The Labute approximate surface area is 232 Å². The summed E-state index contributed by atoms with van der Waals surface area (Å²) in [6.07, 6.45) is 23.3. The zero-order valence-electron chi connectivity index (χ0n) is 24.2. The van der Waals surface area contributed by atoms with E-state index in [9.17, 15) is 0 Å². The van der Waals surface area contributed by atoms with E-state index in [2.05, 4.69) is 56.3 Å². The van der Waals surface area contributed by atoms with Crippen LogP contribution in [0.3, 0.4) is 0 Å². The molecule has 0 aliphatic heterocycles. The predicted molar refractivity (Wildman–Crippen MR) is 161 cm³/mol. The smallest absolute Gasteiger partial charge is 0.130 e. The van der Waals surface area contributed by atoms with Crippen LogP contribution in [-0.4, -0.2) is 0 Å². The Bertz CT molecular complexity index is 1030. The largest absolute Gasteiger partial charge is 0.206 e. The lowest BCUT2D eigenvalue weighted by atomic mass is 9.68. The van der Waals surface area contributed by atoms with E-state index in [0.29, 0.717) is 11.8 Å². The van der Waals surface area contributed by atoms with Crippen molar-refractivity contribution in [2.75, 3.05) is 0 Å². The van der Waals surface area contributed by atoms with Gasteiger partial charge >= 0.3 is 0 Å². The SMILES string of the molecule is CCCCCC1CCC([C@H]2CC[C@H](c3ccc(C4=CCC(c5ccc(CC)cc5)CC4)c(F)c3)CC2)CC1. The minimum atomic E-state index is 0.00279. The Morgan fingerprint density at radius 3 is 2.00 bits per heavy atom. The van der Waals surface area contributed by atoms with Crippen molar-refractivity contribution in [2.24, 2.45) is 17.8 Å². The molecule has 3 aliphatic rings. The van der Waals surface area contributed by atoms with Crippen molar-refractivity contribution >= 4 is 5.57 Å². The molecule has 206 valence electrons. The molecule has 1 atom stereocenters. The molecule has 2 aromatic carbocycles. The van der Waals surface area contributed by atoms with E-state index in [1.165, 1.54) is 99.3 Å². The number of benzene rings is 2. The van der Waals surface area contributed by atoms with Gasteiger partial charge in [-0.3, -0.25) is 0 Å². The summed E-state index contributed by atoms with van der Waals surface area (Å²) in [5.74, 6) is 4.01. The van der Waals surface area contributed by atoms with Gasteiger partial charge < -0.3 is 0 Å². The Kier molecular flexibility index (Phi) is 9.79. The summed E-state index contributed by atoms with van der Waals surface area (Å²) in [6, 6.07) is 15.4. The first-order valence-corrected chi connectivity index (χ1v) is 16.2. The van der Waals surface area contributed by atoms with E-state index < -0.39 is 0 Å². The number of halogens is 1. The maximum Gasteiger partial charge on any atom is 0.130 e. The number of aryl methyl sites for hydroxylation is 1. The van der Waals surface area contributed by atoms with E-state index in [1.54, 1.807) is 0 Å². The number of unbranched alkanes of at least 4 members (excludes halogenated alkanes) is 2. The highest BCUT2D eigenvalue weighted by atomic mass is 19.1. The molecule has 0 nitrogen and oxygen atoms in total. The molecule has 0 radical (unpaired) electrons. The molecule has 2 aromatic rings. The minimum Gasteiger partial charge on any atom is -0.206 e. The Morgan fingerprint density at radius 1 is 0.711 bits per heavy atom. The number of allylic oxidation sites excluding steroid dienone is 2. The topological polar surface area (TPSA) is 0 Å². The molecule has 0 saturated heterocycles. The summed E-state index contributed by atoms with van der Waals surface area (Å²) in [6.45, 7) is 4.52. The van der Waals surface area contributed by atoms with E-state index >= 15 is 4.39 Å². The highest BCUT2D eigenvalue weighted by Gasteiger charge is 2.31. The molecule has 0 heterocycles. The van der Waals surface area contributed by atoms with Crippen LogP contribution in [0.25, 0.3) is 5.57 Å². The van der Waals surface area contributed by atoms with E-state index in [-0.39, 0.29) is 5.82 Å². The second-order valence-corrected chi connectivity index (χ2v) is 12.9. The standard InChI is InChI=1S/C37H51F/c1-3-5-6-7-28-10-14-30(15-11-28)31-16-18-33(19-17-31)35-24-25-36(37(38)26-35)34-22-20-32(21-23-34)29-12-8-27(4-2)9-13-29/h8-9,12-13,22,24-26,28,30-33H,3-7,10-11,14-21,23H2,1-2H3/t28?,30?,31-,32?,33-. The van der Waals surface area contributed by atoms with Gasteiger partial charge in [-0.25, -0.2) is 4.39 Å². The molecule has 5 rings (SSSR count). The van der Waals surface area contributed by atoms with Crippen molar-refractivity contribution in [1.29, 1.82) is 0 Å². The van der Waals surface area contributed by atoms with Gasteiger partial charge in [0.25, 0.3) is 0 Å². The first-order chi connectivity index (χ1) is 18.6. The van der Waals surface area contributed by atoms with E-state index in [0.717, 1.165) is 49.0 Å².